The van der Waals surface area contributed by atoms with Crippen molar-refractivity contribution in [3.05, 3.63) is 65.4 Å². The highest BCUT2D eigenvalue weighted by molar-refractivity contribution is 6.31. The van der Waals surface area contributed by atoms with E-state index in [2.05, 4.69) is 17.1 Å². The van der Waals surface area contributed by atoms with Gasteiger partial charge in [0.2, 0.25) is 0 Å². The lowest BCUT2D eigenvalue weighted by Gasteiger charge is -2.21. The van der Waals surface area contributed by atoms with E-state index in [-0.39, 0.29) is 12.6 Å². The largest absolute Gasteiger partial charge is 0.330 e. The molecule has 0 aliphatic carbocycles. The Bertz CT molecular complexity index is 1150. The Balaban J connectivity index is 1.84. The van der Waals surface area contributed by atoms with Crippen LogP contribution in [0.15, 0.2) is 54.9 Å². The molecule has 7 heteroatoms. The number of hydrogen-bond acceptors (Lipinski definition) is 4. The summed E-state index contributed by atoms with van der Waals surface area (Å²) in [7, 11) is 0. The third kappa shape index (κ3) is 2.83. The van der Waals surface area contributed by atoms with Gasteiger partial charge in [-0.15, -0.1) is 0 Å². The predicted octanol–water partition coefficient (Wildman–Crippen LogP) is 4.10. The van der Waals surface area contributed by atoms with Crippen molar-refractivity contribution in [3.8, 4) is 12.1 Å². The number of halogens is 1. The van der Waals surface area contributed by atoms with Crippen LogP contribution < -0.4 is 9.80 Å². The first-order chi connectivity index (χ1) is 13.1. The molecular formula is C20H12ClN5O. The van der Waals surface area contributed by atoms with Crippen LogP contribution in [0.4, 0.5) is 16.2 Å². The molecule has 0 bridgehead atoms. The second-order valence-corrected chi connectivity index (χ2v) is 6.53. The summed E-state index contributed by atoms with van der Waals surface area (Å²) in [5.41, 5.74) is 1.61. The number of nitriles is 2. The van der Waals surface area contributed by atoms with E-state index in [9.17, 15) is 15.3 Å². The first-order valence-electron chi connectivity index (χ1n) is 8.16. The number of carbonyl (C=O) groups is 1. The molecule has 2 amide bonds. The number of hydrogen-bond donors (Lipinski definition) is 0. The van der Waals surface area contributed by atoms with Gasteiger partial charge in [0.05, 0.1) is 36.1 Å². The van der Waals surface area contributed by atoms with E-state index in [0.717, 1.165) is 5.39 Å². The lowest BCUT2D eigenvalue weighted by Crippen LogP contribution is -2.34. The highest BCUT2D eigenvalue weighted by atomic mass is 35.5. The Labute approximate surface area is 160 Å². The second kappa shape index (κ2) is 6.60. The van der Waals surface area contributed by atoms with Gasteiger partial charge in [0.15, 0.2) is 0 Å². The number of fused-ring (bicyclic) bond motifs is 1. The zero-order chi connectivity index (χ0) is 19.0. The molecule has 6 nitrogen and oxygen atoms in total. The van der Waals surface area contributed by atoms with E-state index in [0.29, 0.717) is 27.3 Å². The minimum atomic E-state index is -0.686. The highest BCUT2D eigenvalue weighted by Gasteiger charge is 2.40. The van der Waals surface area contributed by atoms with Crippen LogP contribution in [-0.4, -0.2) is 23.6 Å². The van der Waals surface area contributed by atoms with E-state index in [1.807, 2.05) is 0 Å². The van der Waals surface area contributed by atoms with Crippen LogP contribution >= 0.6 is 11.6 Å². The Kier molecular flexibility index (Phi) is 4.12. The van der Waals surface area contributed by atoms with Crippen molar-refractivity contribution in [2.75, 3.05) is 16.3 Å². The number of pyridine rings is 1. The van der Waals surface area contributed by atoms with Gasteiger partial charge in [0, 0.05) is 27.7 Å². The van der Waals surface area contributed by atoms with E-state index in [4.69, 9.17) is 11.6 Å². The summed E-state index contributed by atoms with van der Waals surface area (Å²) in [6, 6.07) is 15.4. The van der Waals surface area contributed by atoms with Crippen molar-refractivity contribution in [1.29, 1.82) is 10.5 Å². The molecule has 0 spiro atoms. The summed E-state index contributed by atoms with van der Waals surface area (Å²) in [6.07, 6.45) is 3.21. The van der Waals surface area contributed by atoms with Crippen LogP contribution in [0, 0.1) is 22.7 Å². The molecule has 4 rings (SSSR count). The fraction of sp³-hybridized carbons (Fsp3) is 0.100. The highest BCUT2D eigenvalue weighted by Crippen LogP contribution is 2.34. The first kappa shape index (κ1) is 16.8. The third-order valence-corrected chi connectivity index (χ3v) is 4.74. The number of benzene rings is 2. The number of rotatable bonds is 2. The summed E-state index contributed by atoms with van der Waals surface area (Å²) in [4.78, 5) is 20.3. The van der Waals surface area contributed by atoms with E-state index >= 15 is 0 Å². The Morgan fingerprint density at radius 2 is 2.00 bits per heavy atom. The average molecular weight is 374 g/mol. The molecule has 0 N–H and O–H groups in total. The smallest absolute Gasteiger partial charge is 0.291 e. The summed E-state index contributed by atoms with van der Waals surface area (Å²) in [5, 5.41) is 20.8. The summed E-state index contributed by atoms with van der Waals surface area (Å²) >= 11 is 6.05. The lowest BCUT2D eigenvalue weighted by atomic mass is 10.1. The van der Waals surface area contributed by atoms with Crippen molar-refractivity contribution in [3.63, 3.8) is 0 Å². The molecule has 2 heterocycles. The van der Waals surface area contributed by atoms with Crippen LogP contribution in [0.3, 0.4) is 0 Å². The molecule has 1 unspecified atom stereocenters. The van der Waals surface area contributed by atoms with Crippen molar-refractivity contribution in [2.45, 2.75) is 6.04 Å². The van der Waals surface area contributed by atoms with E-state index < -0.39 is 6.04 Å². The summed E-state index contributed by atoms with van der Waals surface area (Å²) in [6.45, 7) is 0.212. The number of nitrogens with zero attached hydrogens (tertiary/aromatic N) is 5. The lowest BCUT2D eigenvalue weighted by molar-refractivity contribution is 0.255. The first-order valence-corrected chi connectivity index (χ1v) is 8.54. The maximum absolute atomic E-state index is 13.2. The van der Waals surface area contributed by atoms with Gasteiger partial charge >= 0.3 is 6.03 Å². The predicted molar refractivity (Wildman–Crippen MR) is 103 cm³/mol. The van der Waals surface area contributed by atoms with Crippen LogP contribution in [0.5, 0.6) is 0 Å². The Morgan fingerprint density at radius 3 is 2.74 bits per heavy atom. The third-order valence-electron chi connectivity index (χ3n) is 4.50. The van der Waals surface area contributed by atoms with Crippen LogP contribution in [-0.2, 0) is 0 Å². The minimum Gasteiger partial charge on any atom is -0.291 e. The molecule has 0 radical (unpaired) electrons. The molecule has 0 saturated carbocycles. The number of urea groups is 1. The maximum atomic E-state index is 13.2. The molecular weight excluding hydrogens is 362 g/mol. The topological polar surface area (TPSA) is 84.0 Å². The standard InChI is InChI=1S/C20H12ClN5O/c21-15-2-1-3-16(7-15)25-12-17(9-23)26(20(25)27)19-11-24-10-14-5-4-13(8-22)6-18(14)19/h1-7,10-11,17H,12H2. The molecule has 1 fully saturated rings. The minimum absolute atomic E-state index is 0.212. The van der Waals surface area contributed by atoms with E-state index in [1.54, 1.807) is 54.9 Å². The summed E-state index contributed by atoms with van der Waals surface area (Å²) < 4.78 is 0. The quantitative estimate of drug-likeness (QED) is 0.677. The van der Waals surface area contributed by atoms with Crippen LogP contribution in [0.25, 0.3) is 10.8 Å². The van der Waals surface area contributed by atoms with Crippen molar-refractivity contribution in [2.24, 2.45) is 0 Å². The zero-order valence-electron chi connectivity index (χ0n) is 14.0. The van der Waals surface area contributed by atoms with Crippen LogP contribution in [0.2, 0.25) is 5.02 Å². The van der Waals surface area contributed by atoms with Gasteiger partial charge < -0.3 is 0 Å². The molecule has 2 aromatic carbocycles. The fourth-order valence-electron chi connectivity index (χ4n) is 3.24. The monoisotopic (exact) mass is 373 g/mol. The number of carbonyl (C=O) groups excluding carboxylic acids is 1. The Hall–Kier alpha value is -3.61. The number of aromatic nitrogens is 1. The zero-order valence-corrected chi connectivity index (χ0v) is 14.8. The Morgan fingerprint density at radius 1 is 1.15 bits per heavy atom. The van der Waals surface area contributed by atoms with Gasteiger partial charge in [-0.2, -0.15) is 10.5 Å². The van der Waals surface area contributed by atoms with Gasteiger partial charge in [-0.05, 0) is 30.3 Å². The molecule has 1 aliphatic rings. The van der Waals surface area contributed by atoms with Crippen LogP contribution in [0.1, 0.15) is 5.56 Å². The molecule has 3 aromatic rings. The van der Waals surface area contributed by atoms with Crippen molar-refractivity contribution in [1.82, 2.24) is 4.98 Å². The number of anilines is 2. The maximum Gasteiger partial charge on any atom is 0.330 e. The molecule has 1 saturated heterocycles. The fourth-order valence-corrected chi connectivity index (χ4v) is 3.42. The average Bonchev–Trinajstić information content (AvgIpc) is 3.03. The summed E-state index contributed by atoms with van der Waals surface area (Å²) in [5.74, 6) is 0. The molecule has 1 aliphatic heterocycles. The van der Waals surface area contributed by atoms with Gasteiger partial charge in [0.1, 0.15) is 6.04 Å². The normalized spacial score (nSPS) is 16.4. The van der Waals surface area contributed by atoms with Gasteiger partial charge in [-0.25, -0.2) is 4.79 Å². The van der Waals surface area contributed by atoms with Crippen molar-refractivity contribution >= 4 is 39.8 Å². The van der Waals surface area contributed by atoms with Gasteiger partial charge in [0.25, 0.3) is 0 Å². The molecule has 27 heavy (non-hydrogen) atoms. The molecule has 1 atom stereocenters. The van der Waals surface area contributed by atoms with Gasteiger partial charge in [-0.3, -0.25) is 14.8 Å². The van der Waals surface area contributed by atoms with Gasteiger partial charge in [-0.1, -0.05) is 23.7 Å². The number of amides is 2. The molecule has 130 valence electrons. The second-order valence-electron chi connectivity index (χ2n) is 6.09. The van der Waals surface area contributed by atoms with E-state index in [1.165, 1.54) is 9.80 Å². The molecule has 1 aromatic heterocycles. The SMILES string of the molecule is N#Cc1ccc2cncc(N3C(=O)N(c4cccc(Cl)c4)CC3C#N)c2c1. The van der Waals surface area contributed by atoms with Crippen molar-refractivity contribution < 1.29 is 4.79 Å².